The summed E-state index contributed by atoms with van der Waals surface area (Å²) in [7, 11) is 1.45. The van der Waals surface area contributed by atoms with Gasteiger partial charge < -0.3 is 43.7 Å². The summed E-state index contributed by atoms with van der Waals surface area (Å²) in [5.74, 6) is -2.11. The van der Waals surface area contributed by atoms with Gasteiger partial charge in [-0.3, -0.25) is 0 Å². The van der Waals surface area contributed by atoms with Crippen LogP contribution in [0.25, 0.3) is 0 Å². The number of aromatic nitrogens is 2. The van der Waals surface area contributed by atoms with Gasteiger partial charge in [-0.2, -0.15) is 4.98 Å². The quantitative estimate of drug-likeness (QED) is 0.395. The fraction of sp³-hybridized carbons (Fsp3) is 0.840. The second kappa shape index (κ2) is 11.0. The summed E-state index contributed by atoms with van der Waals surface area (Å²) in [6.45, 7) is 17.3. The van der Waals surface area contributed by atoms with E-state index in [2.05, 4.69) is 9.97 Å². The Morgan fingerprint density at radius 1 is 0.972 bits per heavy atom. The number of rotatable bonds is 10. The number of aliphatic hydroxyl groups is 3. The Bertz CT molecular complexity index is 864. The number of ether oxygens (including phenoxy) is 6. The lowest BCUT2D eigenvalue weighted by molar-refractivity contribution is -0.258. The van der Waals surface area contributed by atoms with Crippen LogP contribution >= 0.6 is 0 Å². The molecule has 1 aliphatic heterocycles. The molecule has 0 amide bonds. The normalized spacial score (nSPS) is 23.3. The van der Waals surface area contributed by atoms with Gasteiger partial charge in [0, 0.05) is 13.3 Å². The highest BCUT2D eigenvalue weighted by Crippen LogP contribution is 2.40. The summed E-state index contributed by atoms with van der Waals surface area (Å²) in [6, 6.07) is 0.0914. The molecule has 5 atom stereocenters. The highest BCUT2D eigenvalue weighted by Gasteiger charge is 2.51. The van der Waals surface area contributed by atoms with E-state index in [9.17, 15) is 15.3 Å². The minimum absolute atomic E-state index is 0.0914. The Labute approximate surface area is 214 Å². The van der Waals surface area contributed by atoms with Gasteiger partial charge in [0.05, 0.1) is 12.2 Å². The first-order valence-electron chi connectivity index (χ1n) is 12.1. The molecule has 0 unspecified atom stereocenters. The molecule has 11 nitrogen and oxygen atoms in total. The van der Waals surface area contributed by atoms with E-state index < -0.39 is 59.9 Å². The van der Waals surface area contributed by atoms with Crippen LogP contribution in [0.4, 0.5) is 0 Å². The molecule has 0 radical (unpaired) electrons. The molecule has 1 saturated heterocycles. The summed E-state index contributed by atoms with van der Waals surface area (Å²) in [5.41, 5.74) is -0.960. The fourth-order valence-corrected chi connectivity index (χ4v) is 3.60. The van der Waals surface area contributed by atoms with E-state index in [1.165, 1.54) is 13.3 Å². The molecule has 2 heterocycles. The largest absolute Gasteiger partial charge is 0.472 e. The van der Waals surface area contributed by atoms with Gasteiger partial charge in [0.2, 0.25) is 5.88 Å². The van der Waals surface area contributed by atoms with Crippen molar-refractivity contribution in [2.24, 2.45) is 0 Å². The Morgan fingerprint density at radius 3 is 2.03 bits per heavy atom. The topological polar surface area (TPSA) is 142 Å². The second-order valence-electron chi connectivity index (χ2n) is 11.8. The predicted molar refractivity (Wildman–Crippen MR) is 131 cm³/mol. The van der Waals surface area contributed by atoms with E-state index >= 15 is 0 Å². The average Bonchev–Trinajstić information content (AvgIpc) is 3.04. The van der Waals surface area contributed by atoms with Crippen LogP contribution in [0.15, 0.2) is 6.20 Å². The molecular formula is C25H44N2O9. The lowest BCUT2D eigenvalue weighted by Gasteiger charge is -2.35. The molecule has 1 fully saturated rings. The van der Waals surface area contributed by atoms with E-state index in [0.717, 1.165) is 0 Å². The molecule has 0 bridgehead atoms. The maximum Gasteiger partial charge on any atom is 0.320 e. The van der Waals surface area contributed by atoms with E-state index in [4.69, 9.17) is 28.4 Å². The highest BCUT2D eigenvalue weighted by atomic mass is 16.8. The van der Waals surface area contributed by atoms with Crippen LogP contribution in [-0.2, 0) is 18.9 Å². The van der Waals surface area contributed by atoms with Gasteiger partial charge in [-0.1, -0.05) is 0 Å². The molecule has 208 valence electrons. The number of hydrogen-bond acceptors (Lipinski definition) is 11. The minimum atomic E-state index is -1.37. The van der Waals surface area contributed by atoms with Gasteiger partial charge in [0.15, 0.2) is 11.6 Å². The number of nitrogens with zero attached hydrogens (tertiary/aromatic N) is 2. The third-order valence-electron chi connectivity index (χ3n) is 5.18. The van der Waals surface area contributed by atoms with Gasteiger partial charge >= 0.3 is 6.01 Å². The van der Waals surface area contributed by atoms with Crippen molar-refractivity contribution in [2.75, 3.05) is 13.7 Å². The van der Waals surface area contributed by atoms with Crippen LogP contribution in [0.2, 0.25) is 0 Å². The molecule has 1 aromatic heterocycles. The maximum absolute atomic E-state index is 11.5. The maximum atomic E-state index is 11.5. The zero-order valence-corrected chi connectivity index (χ0v) is 23.4. The van der Waals surface area contributed by atoms with Crippen LogP contribution in [0.3, 0.4) is 0 Å². The first-order valence-corrected chi connectivity index (χ1v) is 12.1. The molecule has 1 aliphatic rings. The van der Waals surface area contributed by atoms with E-state index in [1.807, 2.05) is 41.5 Å². The summed E-state index contributed by atoms with van der Waals surface area (Å²) in [4.78, 5) is 8.65. The zero-order valence-electron chi connectivity index (χ0n) is 23.4. The van der Waals surface area contributed by atoms with Gasteiger partial charge in [-0.15, -0.1) is 0 Å². The van der Waals surface area contributed by atoms with Crippen molar-refractivity contribution >= 4 is 0 Å². The van der Waals surface area contributed by atoms with Crippen molar-refractivity contribution in [2.45, 2.75) is 123 Å². The predicted octanol–water partition coefficient (Wildman–Crippen LogP) is 2.51. The van der Waals surface area contributed by atoms with Crippen LogP contribution in [0.5, 0.6) is 11.9 Å². The molecule has 36 heavy (non-hydrogen) atoms. The smallest absolute Gasteiger partial charge is 0.320 e. The number of methoxy groups -OCH3 is 1. The molecule has 2 rings (SSSR count). The standard InChI is InChI=1S/C25H44N2O9/c1-22(2,3)35-20-14(12-26-21(27-20)36-23(4,5)6)16(29)18-19(34-25(9,10)33-18)17(30)15(13-28)32-24(7,8)31-11/h12,15-19,28-30H,13H2,1-11H3/t15-,16+,17-,18+,19-/m1/s1. The van der Waals surface area contributed by atoms with Gasteiger partial charge in [0.25, 0.3) is 0 Å². The Hall–Kier alpha value is -1.60. The van der Waals surface area contributed by atoms with Gasteiger partial charge in [0.1, 0.15) is 41.7 Å². The number of hydrogen-bond donors (Lipinski definition) is 3. The SMILES string of the molecule is COC(C)(C)O[C@H](CO)[C@@H](O)[C@H]1OC(C)(C)O[C@H]1[C@@H](O)c1cnc(OC(C)(C)C)nc1OC(C)(C)C. The van der Waals surface area contributed by atoms with E-state index in [1.54, 1.807) is 27.7 Å². The molecule has 3 N–H and O–H groups in total. The molecule has 1 aromatic rings. The zero-order chi connectivity index (χ0) is 27.7. The van der Waals surface area contributed by atoms with Crippen LogP contribution < -0.4 is 9.47 Å². The molecule has 0 spiro atoms. The summed E-state index contributed by atoms with van der Waals surface area (Å²) in [5, 5.41) is 32.5. The van der Waals surface area contributed by atoms with Crippen molar-refractivity contribution < 1.29 is 43.7 Å². The van der Waals surface area contributed by atoms with Crippen molar-refractivity contribution in [3.05, 3.63) is 11.8 Å². The summed E-state index contributed by atoms with van der Waals surface area (Å²) >= 11 is 0. The fourth-order valence-electron chi connectivity index (χ4n) is 3.60. The monoisotopic (exact) mass is 516 g/mol. The number of aliphatic hydroxyl groups excluding tert-OH is 3. The average molecular weight is 517 g/mol. The molecular weight excluding hydrogens is 472 g/mol. The van der Waals surface area contributed by atoms with Gasteiger partial charge in [-0.05, 0) is 69.2 Å². The molecule has 0 aromatic carbocycles. The molecule has 0 aliphatic carbocycles. The third kappa shape index (κ3) is 8.47. The van der Waals surface area contributed by atoms with Crippen LogP contribution in [0, 0.1) is 0 Å². The summed E-state index contributed by atoms with van der Waals surface area (Å²) < 4.78 is 34.8. The van der Waals surface area contributed by atoms with E-state index in [0.29, 0.717) is 0 Å². The summed E-state index contributed by atoms with van der Waals surface area (Å²) in [6.07, 6.45) is -4.55. The minimum Gasteiger partial charge on any atom is -0.472 e. The lowest BCUT2D eigenvalue weighted by atomic mass is 9.96. The van der Waals surface area contributed by atoms with Gasteiger partial charge in [-0.25, -0.2) is 4.98 Å². The third-order valence-corrected chi connectivity index (χ3v) is 5.18. The highest BCUT2D eigenvalue weighted by molar-refractivity contribution is 5.30. The Morgan fingerprint density at radius 2 is 1.53 bits per heavy atom. The first-order chi connectivity index (χ1) is 16.3. The van der Waals surface area contributed by atoms with Crippen molar-refractivity contribution in [3.63, 3.8) is 0 Å². The Balaban J connectivity index is 2.44. The van der Waals surface area contributed by atoms with Crippen molar-refractivity contribution in [1.29, 1.82) is 0 Å². The first kappa shape index (κ1) is 30.6. The lowest BCUT2D eigenvalue weighted by Crippen LogP contribution is -2.50. The second-order valence-corrected chi connectivity index (χ2v) is 11.8. The Kier molecular flexibility index (Phi) is 9.38. The van der Waals surface area contributed by atoms with E-state index in [-0.39, 0.29) is 17.5 Å². The van der Waals surface area contributed by atoms with Crippen molar-refractivity contribution in [1.82, 2.24) is 9.97 Å². The van der Waals surface area contributed by atoms with Crippen LogP contribution in [-0.4, -0.2) is 86.2 Å². The molecule has 0 saturated carbocycles. The molecule has 11 heteroatoms. The van der Waals surface area contributed by atoms with Crippen LogP contribution in [0.1, 0.15) is 80.9 Å². The van der Waals surface area contributed by atoms with Crippen molar-refractivity contribution in [3.8, 4) is 11.9 Å².